The maximum absolute atomic E-state index is 13.5. The molecule has 2 saturated heterocycles. The van der Waals surface area contributed by atoms with E-state index in [2.05, 4.69) is 29.1 Å². The highest BCUT2D eigenvalue weighted by molar-refractivity contribution is 5.96. The second-order valence-electron chi connectivity index (χ2n) is 9.93. The lowest BCUT2D eigenvalue weighted by Crippen LogP contribution is -2.50. The van der Waals surface area contributed by atoms with Crippen LogP contribution in [0.1, 0.15) is 46.9 Å². The van der Waals surface area contributed by atoms with Crippen molar-refractivity contribution in [3.05, 3.63) is 40.6 Å². The normalized spacial score (nSPS) is 22.4. The lowest BCUT2D eigenvalue weighted by molar-refractivity contribution is 0.0749. The van der Waals surface area contributed by atoms with Crippen molar-refractivity contribution < 1.29 is 14.3 Å². The second kappa shape index (κ2) is 9.99. The van der Waals surface area contributed by atoms with Crippen LogP contribution in [0, 0.1) is 6.92 Å². The van der Waals surface area contributed by atoms with Crippen LogP contribution >= 0.6 is 0 Å². The molecule has 1 N–H and O–H groups in total. The number of methoxy groups -OCH3 is 1. The SMILES string of the molecule is COc1ccc(C)c(C(=O)N2Cc3nc(OCC4CCCN4C)nc(N4CCNCC4C)c3C2)c1. The van der Waals surface area contributed by atoms with Gasteiger partial charge in [0.15, 0.2) is 0 Å². The van der Waals surface area contributed by atoms with Crippen molar-refractivity contribution in [3.63, 3.8) is 0 Å². The van der Waals surface area contributed by atoms with Crippen molar-refractivity contribution in [2.24, 2.45) is 0 Å². The smallest absolute Gasteiger partial charge is 0.318 e. The number of piperazine rings is 1. The third-order valence-corrected chi connectivity index (χ3v) is 7.55. The zero-order valence-corrected chi connectivity index (χ0v) is 21.2. The minimum absolute atomic E-state index is 0.0197. The van der Waals surface area contributed by atoms with Crippen LogP contribution < -0.4 is 19.7 Å². The summed E-state index contributed by atoms with van der Waals surface area (Å²) in [6, 6.07) is 6.72. The van der Waals surface area contributed by atoms with Crippen LogP contribution in [0.4, 0.5) is 5.82 Å². The first-order chi connectivity index (χ1) is 16.9. The molecule has 35 heavy (non-hydrogen) atoms. The van der Waals surface area contributed by atoms with Crippen LogP contribution in [-0.2, 0) is 13.1 Å². The number of ether oxygens (including phenoxy) is 2. The summed E-state index contributed by atoms with van der Waals surface area (Å²) >= 11 is 0. The third-order valence-electron chi connectivity index (χ3n) is 7.55. The van der Waals surface area contributed by atoms with E-state index in [1.807, 2.05) is 30.0 Å². The molecule has 0 saturated carbocycles. The first kappa shape index (κ1) is 23.8. The summed E-state index contributed by atoms with van der Waals surface area (Å²) in [5.41, 5.74) is 3.49. The van der Waals surface area contributed by atoms with Gasteiger partial charge < -0.3 is 29.5 Å². The van der Waals surface area contributed by atoms with E-state index in [-0.39, 0.29) is 5.91 Å². The molecule has 188 valence electrons. The molecule has 3 aliphatic heterocycles. The van der Waals surface area contributed by atoms with Crippen LogP contribution in [0.15, 0.2) is 18.2 Å². The highest BCUT2D eigenvalue weighted by atomic mass is 16.5. The van der Waals surface area contributed by atoms with Gasteiger partial charge in [0, 0.05) is 42.8 Å². The summed E-state index contributed by atoms with van der Waals surface area (Å²) in [6.45, 7) is 9.43. The number of nitrogens with zero attached hydrogens (tertiary/aromatic N) is 5. The van der Waals surface area contributed by atoms with Crippen molar-refractivity contribution >= 4 is 11.7 Å². The van der Waals surface area contributed by atoms with Crippen molar-refractivity contribution in [2.75, 3.05) is 51.8 Å². The van der Waals surface area contributed by atoms with Crippen molar-refractivity contribution in [2.45, 2.75) is 51.9 Å². The first-order valence-electron chi connectivity index (χ1n) is 12.6. The molecule has 2 unspecified atom stereocenters. The maximum Gasteiger partial charge on any atom is 0.318 e. The fourth-order valence-corrected chi connectivity index (χ4v) is 5.31. The Morgan fingerprint density at radius 2 is 2.09 bits per heavy atom. The minimum Gasteiger partial charge on any atom is -0.497 e. The van der Waals surface area contributed by atoms with Gasteiger partial charge in [0.2, 0.25) is 0 Å². The van der Waals surface area contributed by atoms with Gasteiger partial charge in [-0.05, 0) is 58.0 Å². The molecule has 0 spiro atoms. The predicted molar refractivity (Wildman–Crippen MR) is 134 cm³/mol. The van der Waals surface area contributed by atoms with E-state index in [9.17, 15) is 4.79 Å². The van der Waals surface area contributed by atoms with Gasteiger partial charge in [0.25, 0.3) is 5.91 Å². The van der Waals surface area contributed by atoms with Crippen LogP contribution in [0.2, 0.25) is 0 Å². The molecule has 9 heteroatoms. The Hall–Kier alpha value is -2.91. The highest BCUT2D eigenvalue weighted by Gasteiger charge is 2.34. The van der Waals surface area contributed by atoms with E-state index in [0.29, 0.717) is 49.1 Å². The number of rotatable bonds is 6. The molecule has 1 aromatic carbocycles. The molecule has 2 fully saturated rings. The number of likely N-dealkylation sites (N-methyl/N-ethyl adjacent to an activating group) is 1. The van der Waals surface area contributed by atoms with Crippen molar-refractivity contribution in [3.8, 4) is 11.8 Å². The summed E-state index contributed by atoms with van der Waals surface area (Å²) < 4.78 is 11.5. The van der Waals surface area contributed by atoms with Gasteiger partial charge in [-0.15, -0.1) is 0 Å². The maximum atomic E-state index is 13.5. The molecular weight excluding hydrogens is 444 g/mol. The Bertz CT molecular complexity index is 1090. The number of fused-ring (bicyclic) bond motifs is 1. The van der Waals surface area contributed by atoms with Gasteiger partial charge >= 0.3 is 6.01 Å². The molecule has 5 rings (SSSR count). The number of aromatic nitrogens is 2. The predicted octanol–water partition coefficient (Wildman–Crippen LogP) is 2.22. The Kier molecular flexibility index (Phi) is 6.80. The molecule has 1 aromatic heterocycles. The quantitative estimate of drug-likeness (QED) is 0.674. The fourth-order valence-electron chi connectivity index (χ4n) is 5.31. The lowest BCUT2D eigenvalue weighted by Gasteiger charge is -2.36. The van der Waals surface area contributed by atoms with E-state index < -0.39 is 0 Å². The minimum atomic E-state index is -0.0197. The van der Waals surface area contributed by atoms with Crippen LogP contribution in [0.25, 0.3) is 0 Å². The summed E-state index contributed by atoms with van der Waals surface area (Å²) in [6.07, 6.45) is 2.32. The second-order valence-corrected chi connectivity index (χ2v) is 9.93. The molecule has 0 bridgehead atoms. The average molecular weight is 481 g/mol. The van der Waals surface area contributed by atoms with Crippen LogP contribution in [0.3, 0.4) is 0 Å². The van der Waals surface area contributed by atoms with E-state index in [0.717, 1.165) is 55.2 Å². The molecule has 1 amide bonds. The van der Waals surface area contributed by atoms with Gasteiger partial charge in [-0.3, -0.25) is 4.79 Å². The number of benzene rings is 1. The number of hydrogen-bond donors (Lipinski definition) is 1. The molecule has 2 aromatic rings. The monoisotopic (exact) mass is 480 g/mol. The first-order valence-corrected chi connectivity index (χ1v) is 12.6. The number of amides is 1. The number of anilines is 1. The summed E-state index contributed by atoms with van der Waals surface area (Å²) in [4.78, 5) is 29.8. The number of carbonyl (C=O) groups excluding carboxylic acids is 1. The highest BCUT2D eigenvalue weighted by Crippen LogP contribution is 2.34. The zero-order chi connectivity index (χ0) is 24.5. The van der Waals surface area contributed by atoms with E-state index >= 15 is 0 Å². The standard InChI is InChI=1S/C26H36N6O3/c1-17-7-8-20(34-4)12-21(17)25(33)31-14-22-23(15-31)28-26(35-16-19-6-5-10-30(19)3)29-24(22)32-11-9-27-13-18(32)2/h7-8,12,18-19,27H,5-6,9-11,13-16H2,1-4H3. The van der Waals surface area contributed by atoms with E-state index in [1.165, 1.54) is 6.42 Å². The van der Waals surface area contributed by atoms with Crippen LogP contribution in [-0.4, -0.2) is 84.7 Å². The number of nitrogens with one attached hydrogen (secondary N) is 1. The summed E-state index contributed by atoms with van der Waals surface area (Å²) in [7, 11) is 3.76. The number of carbonyl (C=O) groups is 1. The molecule has 4 heterocycles. The summed E-state index contributed by atoms with van der Waals surface area (Å²) in [5.74, 6) is 1.56. The molecule has 3 aliphatic rings. The number of aryl methyl sites for hydroxylation is 1. The Balaban J connectivity index is 1.43. The van der Waals surface area contributed by atoms with Crippen molar-refractivity contribution in [1.29, 1.82) is 0 Å². The summed E-state index contributed by atoms with van der Waals surface area (Å²) in [5, 5.41) is 3.45. The number of likely N-dealkylation sites (tertiary alicyclic amines) is 1. The van der Waals surface area contributed by atoms with E-state index in [1.54, 1.807) is 7.11 Å². The van der Waals surface area contributed by atoms with Crippen LogP contribution in [0.5, 0.6) is 11.8 Å². The van der Waals surface area contributed by atoms with Gasteiger partial charge in [0.1, 0.15) is 18.2 Å². The van der Waals surface area contributed by atoms with Crippen molar-refractivity contribution in [1.82, 2.24) is 25.1 Å². The molecule has 9 nitrogen and oxygen atoms in total. The molecule has 0 radical (unpaired) electrons. The Labute approximate surface area is 207 Å². The van der Waals surface area contributed by atoms with Gasteiger partial charge in [-0.1, -0.05) is 6.07 Å². The Morgan fingerprint density at radius 3 is 2.83 bits per heavy atom. The number of hydrogen-bond acceptors (Lipinski definition) is 8. The molecule has 2 atom stereocenters. The van der Waals surface area contributed by atoms with Gasteiger partial charge in [-0.2, -0.15) is 9.97 Å². The molecular formula is C26H36N6O3. The van der Waals surface area contributed by atoms with E-state index in [4.69, 9.17) is 19.4 Å². The Morgan fingerprint density at radius 1 is 1.23 bits per heavy atom. The average Bonchev–Trinajstić information content (AvgIpc) is 3.48. The fraction of sp³-hybridized carbons (Fsp3) is 0.577. The van der Waals surface area contributed by atoms with Gasteiger partial charge in [-0.25, -0.2) is 0 Å². The molecule has 0 aliphatic carbocycles. The topological polar surface area (TPSA) is 83.1 Å². The third kappa shape index (κ3) is 4.79. The zero-order valence-electron chi connectivity index (χ0n) is 21.2. The lowest BCUT2D eigenvalue weighted by atomic mass is 10.1. The largest absolute Gasteiger partial charge is 0.497 e. The van der Waals surface area contributed by atoms with Gasteiger partial charge in [0.05, 0.1) is 25.9 Å².